The highest BCUT2D eigenvalue weighted by molar-refractivity contribution is 6.30. The van der Waals surface area contributed by atoms with Crippen molar-refractivity contribution in [1.29, 1.82) is 0 Å². The molecule has 11 N–H and O–H groups in total. The molecule has 3 aromatic carbocycles. The number of benzene rings is 3. The minimum Gasteiger partial charge on any atom is -0.506 e. The molecule has 2 amide bonds. The molecule has 0 fully saturated rings. The first kappa shape index (κ1) is 41.3. The fraction of sp³-hybridized carbons (Fsp3) is 0.342. The molecule has 0 spiro atoms. The van der Waals surface area contributed by atoms with Crippen LogP contribution < -0.4 is 22.1 Å². The second-order valence-electron chi connectivity index (χ2n) is 12.9. The van der Waals surface area contributed by atoms with E-state index in [2.05, 4.69) is 49.9 Å². The van der Waals surface area contributed by atoms with Gasteiger partial charge >= 0.3 is 0 Å². The Morgan fingerprint density at radius 3 is 2.07 bits per heavy atom. The SMILES string of the molecule is Cc1nc(N)c(C(=O)NC(N)=NCCCCc2ccc(CCCCN(C[C@H](O)c3ccc(O)c(O)c3)C[C@H](O)c3ccc(O)c(NC=O)c3)cc2)nc1Cl. The lowest BCUT2D eigenvalue weighted by Gasteiger charge is -2.28. The maximum Gasteiger partial charge on any atom is 0.280 e. The van der Waals surface area contributed by atoms with Crippen LogP contribution in [0.15, 0.2) is 65.7 Å². The standard InChI is InChI=1S/C38H47ClN8O7/c1-23-35(39)45-34(36(40)44-23)37(54)46-38(41)42-16-4-2-6-24-8-10-25(11-9-24)7-3-5-17-47(21-33(53)27-13-15-30(50)31(51)19-27)20-32(52)26-12-14-29(49)28(18-26)43-22-48/h8-15,18-19,22,32-33,49-53H,2-7,16-17,20-21H2,1H3,(H2,40,44)(H,43,48)(H3,41,42,46,54)/t32-,33-/m0/s1. The smallest absolute Gasteiger partial charge is 0.280 e. The van der Waals surface area contributed by atoms with E-state index in [-0.39, 0.29) is 58.6 Å². The van der Waals surface area contributed by atoms with E-state index in [9.17, 15) is 35.1 Å². The van der Waals surface area contributed by atoms with Crippen molar-refractivity contribution in [2.45, 2.75) is 57.7 Å². The molecule has 0 bridgehead atoms. The molecule has 4 aromatic rings. The average molecular weight is 763 g/mol. The van der Waals surface area contributed by atoms with Crippen molar-refractivity contribution in [3.05, 3.63) is 99.5 Å². The quantitative estimate of drug-likeness (QED) is 0.0217. The summed E-state index contributed by atoms with van der Waals surface area (Å²) in [5, 5.41) is 56.6. The molecule has 54 heavy (non-hydrogen) atoms. The van der Waals surface area contributed by atoms with Gasteiger partial charge in [0, 0.05) is 19.6 Å². The van der Waals surface area contributed by atoms with Crippen LogP contribution in [-0.2, 0) is 17.6 Å². The van der Waals surface area contributed by atoms with Gasteiger partial charge in [0.2, 0.25) is 6.41 Å². The Labute approximate surface area is 318 Å². The van der Waals surface area contributed by atoms with E-state index in [0.717, 1.165) is 38.5 Å². The molecular weight excluding hydrogens is 716 g/mol. The molecule has 1 aromatic heterocycles. The number of aliphatic imine (C=N–C) groups is 1. The van der Waals surface area contributed by atoms with Gasteiger partial charge in [-0.3, -0.25) is 24.8 Å². The lowest BCUT2D eigenvalue weighted by Crippen LogP contribution is -2.38. The van der Waals surface area contributed by atoms with E-state index >= 15 is 0 Å². The van der Waals surface area contributed by atoms with E-state index in [1.807, 2.05) is 4.90 Å². The number of aromatic hydroxyl groups is 3. The van der Waals surface area contributed by atoms with Crippen molar-refractivity contribution in [3.8, 4) is 17.2 Å². The van der Waals surface area contributed by atoms with E-state index in [4.69, 9.17) is 23.1 Å². The minimum atomic E-state index is -1.01. The summed E-state index contributed by atoms with van der Waals surface area (Å²) in [5.41, 5.74) is 15.4. The fourth-order valence-corrected chi connectivity index (χ4v) is 5.85. The van der Waals surface area contributed by atoms with Crippen LogP contribution in [0.25, 0.3) is 0 Å². The van der Waals surface area contributed by atoms with Crippen molar-refractivity contribution < 1.29 is 35.1 Å². The summed E-state index contributed by atoms with van der Waals surface area (Å²) in [5.74, 6) is -1.49. The van der Waals surface area contributed by atoms with Gasteiger partial charge in [0.25, 0.3) is 5.91 Å². The number of hydrogen-bond donors (Lipinski definition) is 9. The number of guanidine groups is 1. The number of aryl methyl sites for hydroxylation is 3. The molecule has 4 rings (SSSR count). The highest BCUT2D eigenvalue weighted by Gasteiger charge is 2.20. The number of anilines is 2. The van der Waals surface area contributed by atoms with Crippen LogP contribution in [-0.4, -0.2) is 84.9 Å². The summed E-state index contributed by atoms with van der Waals surface area (Å²) in [6, 6.07) is 17.0. The molecule has 1 heterocycles. The summed E-state index contributed by atoms with van der Waals surface area (Å²) >= 11 is 5.95. The number of rotatable bonds is 19. The van der Waals surface area contributed by atoms with Gasteiger partial charge in [0.05, 0.1) is 23.6 Å². The Bertz CT molecular complexity index is 1910. The summed E-state index contributed by atoms with van der Waals surface area (Å²) in [6.45, 7) is 2.91. The molecule has 0 aliphatic heterocycles. The lowest BCUT2D eigenvalue weighted by molar-refractivity contribution is -0.105. The van der Waals surface area contributed by atoms with Crippen molar-refractivity contribution in [1.82, 2.24) is 20.2 Å². The number of phenols is 3. The van der Waals surface area contributed by atoms with Gasteiger partial charge in [-0.15, -0.1) is 0 Å². The number of aliphatic hydroxyl groups excluding tert-OH is 2. The van der Waals surface area contributed by atoms with E-state index < -0.39 is 18.1 Å². The second kappa shape index (κ2) is 20.1. The molecule has 0 saturated carbocycles. The van der Waals surface area contributed by atoms with E-state index in [1.165, 1.54) is 41.5 Å². The Balaban J connectivity index is 1.24. The predicted octanol–water partition coefficient (Wildman–Crippen LogP) is 3.87. The maximum atomic E-state index is 12.4. The number of nitrogen functional groups attached to an aromatic ring is 1. The summed E-state index contributed by atoms with van der Waals surface area (Å²) in [6.07, 6.45) is 3.36. The number of unbranched alkanes of at least 4 members (excludes halogenated alkanes) is 2. The first-order valence-corrected chi connectivity index (χ1v) is 17.8. The summed E-state index contributed by atoms with van der Waals surface area (Å²) in [7, 11) is 0. The van der Waals surface area contributed by atoms with Crippen LogP contribution >= 0.6 is 11.6 Å². The number of hydrogen-bond acceptors (Lipinski definition) is 12. The van der Waals surface area contributed by atoms with Crippen LogP contribution in [0, 0.1) is 6.92 Å². The van der Waals surface area contributed by atoms with Crippen molar-refractivity contribution in [3.63, 3.8) is 0 Å². The molecular formula is C38H47ClN8O7. The number of phenolic OH excluding ortho intramolecular Hbond substituents is 3. The highest BCUT2D eigenvalue weighted by Crippen LogP contribution is 2.30. The Morgan fingerprint density at radius 1 is 0.870 bits per heavy atom. The van der Waals surface area contributed by atoms with Crippen LogP contribution in [0.4, 0.5) is 11.5 Å². The molecule has 288 valence electrons. The predicted molar refractivity (Wildman–Crippen MR) is 206 cm³/mol. The monoisotopic (exact) mass is 762 g/mol. The van der Waals surface area contributed by atoms with Gasteiger partial charge in [-0.25, -0.2) is 9.97 Å². The molecule has 2 atom stereocenters. The molecule has 0 radical (unpaired) electrons. The molecule has 0 aliphatic rings. The Morgan fingerprint density at radius 2 is 1.46 bits per heavy atom. The zero-order valence-electron chi connectivity index (χ0n) is 30.0. The topological polar surface area (TPSA) is 253 Å². The largest absolute Gasteiger partial charge is 0.506 e. The summed E-state index contributed by atoms with van der Waals surface area (Å²) in [4.78, 5) is 37.4. The van der Waals surface area contributed by atoms with Crippen molar-refractivity contribution in [2.24, 2.45) is 10.7 Å². The third-order valence-corrected chi connectivity index (χ3v) is 9.09. The zero-order chi connectivity index (χ0) is 39.2. The molecule has 16 heteroatoms. The van der Waals surface area contributed by atoms with Gasteiger partial charge in [-0.1, -0.05) is 48.0 Å². The number of carbonyl (C=O) groups is 2. The normalized spacial score (nSPS) is 12.7. The number of nitrogens with two attached hydrogens (primary N) is 2. The summed E-state index contributed by atoms with van der Waals surface area (Å²) < 4.78 is 0. The van der Waals surface area contributed by atoms with E-state index in [1.54, 1.807) is 13.0 Å². The van der Waals surface area contributed by atoms with Crippen LogP contribution in [0.3, 0.4) is 0 Å². The van der Waals surface area contributed by atoms with Gasteiger partial charge < -0.3 is 42.3 Å². The number of amides is 2. The number of carbonyl (C=O) groups excluding carboxylic acids is 2. The van der Waals surface area contributed by atoms with Gasteiger partial charge in [0.1, 0.15) is 5.75 Å². The highest BCUT2D eigenvalue weighted by atomic mass is 35.5. The Kier molecular flexibility index (Phi) is 15.4. The second-order valence-corrected chi connectivity index (χ2v) is 13.2. The molecule has 15 nitrogen and oxygen atoms in total. The number of halogens is 1. The first-order chi connectivity index (χ1) is 25.8. The van der Waals surface area contributed by atoms with Crippen LogP contribution in [0.2, 0.25) is 5.15 Å². The number of aliphatic hydroxyl groups is 2. The first-order valence-electron chi connectivity index (χ1n) is 17.5. The molecule has 0 unspecified atom stereocenters. The number of nitrogens with one attached hydrogen (secondary N) is 2. The van der Waals surface area contributed by atoms with Crippen LogP contribution in [0.1, 0.15) is 76.3 Å². The zero-order valence-corrected chi connectivity index (χ0v) is 30.7. The average Bonchev–Trinajstić information content (AvgIpc) is 3.13. The maximum absolute atomic E-state index is 12.4. The van der Waals surface area contributed by atoms with Crippen molar-refractivity contribution in [2.75, 3.05) is 37.2 Å². The molecule has 0 aliphatic carbocycles. The third-order valence-electron chi connectivity index (χ3n) is 8.73. The van der Waals surface area contributed by atoms with Gasteiger partial charge in [0.15, 0.2) is 34.1 Å². The third kappa shape index (κ3) is 12.3. The van der Waals surface area contributed by atoms with Gasteiger partial charge in [-0.05, 0) is 98.5 Å². The molecule has 0 saturated heterocycles. The lowest BCUT2D eigenvalue weighted by atomic mass is 10.0. The Hall–Kier alpha value is -5.48. The van der Waals surface area contributed by atoms with E-state index in [0.29, 0.717) is 36.3 Å². The fourth-order valence-electron chi connectivity index (χ4n) is 5.72. The minimum absolute atomic E-state index is 0.0464. The number of aromatic nitrogens is 2. The number of nitrogens with zero attached hydrogens (tertiary/aromatic N) is 4. The van der Waals surface area contributed by atoms with Gasteiger partial charge in [-0.2, -0.15) is 0 Å². The van der Waals surface area contributed by atoms with Crippen molar-refractivity contribution >= 4 is 41.4 Å². The van der Waals surface area contributed by atoms with Crippen LogP contribution in [0.5, 0.6) is 17.2 Å².